The molecule has 0 bridgehead atoms. The Morgan fingerprint density at radius 3 is 2.43 bits per heavy atom. The number of pyridine rings is 1. The Hall–Kier alpha value is -3.92. The Bertz CT molecular complexity index is 1490. The predicted octanol–water partition coefficient (Wildman–Crippen LogP) is 6.38. The predicted molar refractivity (Wildman–Crippen MR) is 143 cm³/mol. The van der Waals surface area contributed by atoms with Crippen molar-refractivity contribution in [2.45, 2.75) is 59.3 Å². The Kier molecular flexibility index (Phi) is 6.96. The maximum atomic E-state index is 12.9. The Morgan fingerprint density at radius 1 is 1.00 bits per heavy atom. The molecule has 0 aliphatic carbocycles. The first-order chi connectivity index (χ1) is 17.3. The number of nitrogens with one attached hydrogen (secondary N) is 2. The number of aromatic nitrogens is 4. The van der Waals surface area contributed by atoms with E-state index in [0.29, 0.717) is 39.9 Å². The molecule has 1 aromatic carbocycles. The second-order valence-electron chi connectivity index (χ2n) is 10.4. The number of carbonyl (C=O) groups is 2. The lowest BCUT2D eigenvalue weighted by Gasteiger charge is -2.21. The average Bonchev–Trinajstić information content (AvgIpc) is 3.19. The zero-order valence-electron chi connectivity index (χ0n) is 21.5. The molecule has 37 heavy (non-hydrogen) atoms. The van der Waals surface area contributed by atoms with Crippen LogP contribution < -0.4 is 10.6 Å². The van der Waals surface area contributed by atoms with Gasteiger partial charge in [0.15, 0.2) is 5.65 Å². The van der Waals surface area contributed by atoms with E-state index in [-0.39, 0.29) is 0 Å². The summed E-state index contributed by atoms with van der Waals surface area (Å²) in [6, 6.07) is 8.73. The summed E-state index contributed by atoms with van der Waals surface area (Å²) in [4.78, 5) is 38.4. The van der Waals surface area contributed by atoms with Crippen molar-refractivity contribution >= 4 is 57.4 Å². The summed E-state index contributed by atoms with van der Waals surface area (Å²) < 4.78 is 12.4. The van der Waals surface area contributed by atoms with Crippen LogP contribution in [0.25, 0.3) is 22.1 Å². The molecule has 0 aliphatic heterocycles. The van der Waals surface area contributed by atoms with Gasteiger partial charge in [-0.2, -0.15) is 0 Å². The van der Waals surface area contributed by atoms with E-state index in [2.05, 4.69) is 25.6 Å². The van der Waals surface area contributed by atoms with Crippen LogP contribution in [-0.2, 0) is 16.0 Å². The quantitative estimate of drug-likeness (QED) is 0.295. The smallest absolute Gasteiger partial charge is 0.418 e. The number of amides is 1. The first kappa shape index (κ1) is 26.2. The van der Waals surface area contributed by atoms with E-state index in [1.165, 1.54) is 4.57 Å². The molecule has 4 rings (SSSR count). The molecule has 0 aliphatic rings. The molecule has 0 radical (unpaired) electrons. The van der Waals surface area contributed by atoms with Crippen molar-refractivity contribution in [3.63, 3.8) is 0 Å². The zero-order valence-corrected chi connectivity index (χ0v) is 22.3. The maximum Gasteiger partial charge on any atom is 0.418 e. The highest BCUT2D eigenvalue weighted by molar-refractivity contribution is 6.29. The van der Waals surface area contributed by atoms with E-state index in [0.717, 1.165) is 10.9 Å². The van der Waals surface area contributed by atoms with Crippen molar-refractivity contribution in [3.05, 3.63) is 53.4 Å². The first-order valence-electron chi connectivity index (χ1n) is 11.7. The van der Waals surface area contributed by atoms with Gasteiger partial charge in [0.1, 0.15) is 27.7 Å². The highest BCUT2D eigenvalue weighted by Gasteiger charge is 2.21. The van der Waals surface area contributed by atoms with E-state index in [1.807, 2.05) is 12.1 Å². The molecule has 3 heterocycles. The minimum Gasteiger partial charge on any atom is -0.444 e. The summed E-state index contributed by atoms with van der Waals surface area (Å²) >= 11 is 5.99. The van der Waals surface area contributed by atoms with Crippen LogP contribution in [0, 0.1) is 0 Å². The first-order valence-corrected chi connectivity index (χ1v) is 12.1. The second-order valence-corrected chi connectivity index (χ2v) is 10.8. The lowest BCUT2D eigenvalue weighted by molar-refractivity contribution is 0.0543. The van der Waals surface area contributed by atoms with Crippen LogP contribution in [-0.4, -0.2) is 42.9 Å². The molecule has 1 amide bonds. The largest absolute Gasteiger partial charge is 0.444 e. The molecule has 0 fully saturated rings. The van der Waals surface area contributed by atoms with Gasteiger partial charge in [-0.25, -0.2) is 24.5 Å². The van der Waals surface area contributed by atoms with Crippen LogP contribution >= 0.6 is 11.6 Å². The van der Waals surface area contributed by atoms with Gasteiger partial charge in [0.05, 0.1) is 11.7 Å². The van der Waals surface area contributed by atoms with Crippen LogP contribution in [0.15, 0.2) is 42.7 Å². The third-order valence-electron chi connectivity index (χ3n) is 4.96. The van der Waals surface area contributed by atoms with Crippen molar-refractivity contribution < 1.29 is 19.1 Å². The molecular weight excluding hydrogens is 496 g/mol. The van der Waals surface area contributed by atoms with Gasteiger partial charge < -0.3 is 14.8 Å². The number of anilines is 2. The summed E-state index contributed by atoms with van der Waals surface area (Å²) in [7, 11) is 0. The van der Waals surface area contributed by atoms with Gasteiger partial charge in [-0.3, -0.25) is 9.88 Å². The Balaban J connectivity index is 1.68. The van der Waals surface area contributed by atoms with Gasteiger partial charge in [0.2, 0.25) is 0 Å². The fraction of sp³-hybridized carbons (Fsp3) is 0.346. The molecule has 10 nitrogen and oxygen atoms in total. The van der Waals surface area contributed by atoms with E-state index in [9.17, 15) is 9.59 Å². The molecule has 194 valence electrons. The third kappa shape index (κ3) is 6.65. The SMILES string of the molecule is CC(C)(C)OC(=O)Nc1cc(CNc2cnc3ccc(Cl)nc3n2)c2ccn(C(=O)OC(C)(C)C)c2c1. The number of benzene rings is 1. The summed E-state index contributed by atoms with van der Waals surface area (Å²) in [5, 5.41) is 7.11. The summed E-state index contributed by atoms with van der Waals surface area (Å²) in [6.07, 6.45) is 2.11. The summed E-state index contributed by atoms with van der Waals surface area (Å²) in [5.41, 5.74) is 1.52. The van der Waals surface area contributed by atoms with Crippen molar-refractivity contribution in [2.24, 2.45) is 0 Å². The molecule has 0 spiro atoms. The van der Waals surface area contributed by atoms with Gasteiger partial charge in [-0.15, -0.1) is 0 Å². The lowest BCUT2D eigenvalue weighted by Crippen LogP contribution is -2.27. The van der Waals surface area contributed by atoms with Crippen molar-refractivity contribution in [2.75, 3.05) is 10.6 Å². The minimum atomic E-state index is -0.671. The molecule has 2 N–H and O–H groups in total. The van der Waals surface area contributed by atoms with E-state index < -0.39 is 23.4 Å². The van der Waals surface area contributed by atoms with Crippen LogP contribution in [0.1, 0.15) is 47.1 Å². The number of rotatable bonds is 4. The summed E-state index contributed by atoms with van der Waals surface area (Å²) in [6.45, 7) is 11.1. The van der Waals surface area contributed by atoms with Crippen molar-refractivity contribution in [3.8, 4) is 0 Å². The van der Waals surface area contributed by atoms with Gasteiger partial charge in [-0.1, -0.05) is 11.6 Å². The number of hydrogen-bond acceptors (Lipinski definition) is 8. The highest BCUT2D eigenvalue weighted by atomic mass is 35.5. The van der Waals surface area contributed by atoms with Gasteiger partial charge in [-0.05, 0) is 77.4 Å². The number of hydrogen-bond donors (Lipinski definition) is 2. The second kappa shape index (κ2) is 9.85. The monoisotopic (exact) mass is 524 g/mol. The van der Waals surface area contributed by atoms with Gasteiger partial charge >= 0.3 is 12.2 Å². The molecule has 0 saturated carbocycles. The molecule has 0 saturated heterocycles. The normalized spacial score (nSPS) is 12.0. The zero-order chi connectivity index (χ0) is 27.0. The topological polar surface area (TPSA) is 120 Å². The standard InChI is InChI=1S/C26H29ClN6O4/c1-25(2,3)36-23(34)30-16-11-15(13-29-21-14-28-18-7-8-20(27)31-22(18)32-21)17-9-10-33(19(17)12-16)24(35)37-26(4,5)6/h7-12,14H,13H2,1-6H3,(H,30,34)(H,29,31,32). The van der Waals surface area contributed by atoms with Crippen LogP contribution in [0.3, 0.4) is 0 Å². The average molecular weight is 525 g/mol. The summed E-state index contributed by atoms with van der Waals surface area (Å²) in [5.74, 6) is 0.493. The molecule has 0 atom stereocenters. The number of ether oxygens (including phenoxy) is 2. The molecule has 0 unspecified atom stereocenters. The number of nitrogens with zero attached hydrogens (tertiary/aromatic N) is 4. The molecule has 4 aromatic rings. The fourth-order valence-electron chi connectivity index (χ4n) is 3.57. The van der Waals surface area contributed by atoms with E-state index >= 15 is 0 Å². The highest BCUT2D eigenvalue weighted by Crippen LogP contribution is 2.28. The number of fused-ring (bicyclic) bond motifs is 2. The van der Waals surface area contributed by atoms with E-state index in [1.54, 1.807) is 72.1 Å². The lowest BCUT2D eigenvalue weighted by atomic mass is 10.1. The molecule has 3 aromatic heterocycles. The molecule has 11 heteroatoms. The fourth-order valence-corrected chi connectivity index (χ4v) is 3.72. The maximum absolute atomic E-state index is 12.9. The Morgan fingerprint density at radius 2 is 1.73 bits per heavy atom. The minimum absolute atomic E-state index is 0.319. The van der Waals surface area contributed by atoms with E-state index in [4.69, 9.17) is 21.1 Å². The third-order valence-corrected chi connectivity index (χ3v) is 5.17. The van der Waals surface area contributed by atoms with Crippen molar-refractivity contribution in [1.82, 2.24) is 19.5 Å². The van der Waals surface area contributed by atoms with Crippen LogP contribution in [0.4, 0.5) is 21.1 Å². The van der Waals surface area contributed by atoms with Crippen molar-refractivity contribution in [1.29, 1.82) is 0 Å². The van der Waals surface area contributed by atoms with Gasteiger partial charge in [0.25, 0.3) is 0 Å². The number of carbonyl (C=O) groups excluding carboxylic acids is 2. The van der Waals surface area contributed by atoms with Crippen LogP contribution in [0.5, 0.6) is 0 Å². The van der Waals surface area contributed by atoms with Gasteiger partial charge in [0, 0.05) is 23.8 Å². The van der Waals surface area contributed by atoms with Crippen LogP contribution in [0.2, 0.25) is 5.15 Å². The number of halogens is 1. The Labute approximate surface area is 219 Å². The molecular formula is C26H29ClN6O4.